The molecule has 1 saturated heterocycles. The third kappa shape index (κ3) is 2.27. The minimum absolute atomic E-state index is 0.243. The van der Waals surface area contributed by atoms with Crippen LogP contribution in [0.15, 0.2) is 0 Å². The van der Waals surface area contributed by atoms with Crippen LogP contribution >= 0.6 is 0 Å². The number of nitrogens with zero attached hydrogens (tertiary/aromatic N) is 1. The smallest absolute Gasteiger partial charge is 0.0709 e. The Bertz CT molecular complexity index is 215. The van der Waals surface area contributed by atoms with Gasteiger partial charge in [0.05, 0.1) is 24.7 Å². The maximum Gasteiger partial charge on any atom is 0.0709 e. The van der Waals surface area contributed by atoms with Crippen molar-refractivity contribution in [2.45, 2.75) is 63.6 Å². The first kappa shape index (κ1) is 9.98. The van der Waals surface area contributed by atoms with Gasteiger partial charge in [0.25, 0.3) is 0 Å². The van der Waals surface area contributed by atoms with E-state index in [9.17, 15) is 0 Å². The summed E-state index contributed by atoms with van der Waals surface area (Å²) in [5.74, 6) is 0.799. The van der Waals surface area contributed by atoms with Gasteiger partial charge < -0.3 is 4.74 Å². The van der Waals surface area contributed by atoms with Gasteiger partial charge in [-0.25, -0.2) is 0 Å². The Balaban J connectivity index is 1.79. The van der Waals surface area contributed by atoms with Gasteiger partial charge in [-0.2, -0.15) is 5.26 Å². The van der Waals surface area contributed by atoms with Crippen molar-refractivity contribution >= 4 is 0 Å². The second-order valence-corrected chi connectivity index (χ2v) is 4.63. The first-order valence-corrected chi connectivity index (χ1v) is 5.92. The standard InChI is InChI=1S/C12H19NO/c13-9-8-11-6-7-12(14-11)10-4-2-1-3-5-10/h10-12H,1-8H2. The van der Waals surface area contributed by atoms with Gasteiger partial charge >= 0.3 is 0 Å². The van der Waals surface area contributed by atoms with Crippen LogP contribution in [0.25, 0.3) is 0 Å². The molecule has 0 aromatic rings. The van der Waals surface area contributed by atoms with Gasteiger partial charge in [0, 0.05) is 0 Å². The molecule has 2 unspecified atom stereocenters. The fourth-order valence-corrected chi connectivity index (χ4v) is 2.84. The van der Waals surface area contributed by atoms with Crippen LogP contribution in [0.3, 0.4) is 0 Å². The van der Waals surface area contributed by atoms with Crippen LogP contribution in [0.5, 0.6) is 0 Å². The summed E-state index contributed by atoms with van der Waals surface area (Å²) < 4.78 is 5.92. The van der Waals surface area contributed by atoms with E-state index in [4.69, 9.17) is 10.00 Å². The molecule has 1 saturated carbocycles. The Kier molecular flexibility index (Phi) is 3.42. The largest absolute Gasteiger partial charge is 0.374 e. The Morgan fingerprint density at radius 3 is 2.57 bits per heavy atom. The topological polar surface area (TPSA) is 33.0 Å². The highest BCUT2D eigenvalue weighted by Gasteiger charge is 2.31. The SMILES string of the molecule is N#CCC1CCC(C2CCCCC2)O1. The van der Waals surface area contributed by atoms with E-state index in [0.29, 0.717) is 12.5 Å². The van der Waals surface area contributed by atoms with Crippen molar-refractivity contribution < 1.29 is 4.74 Å². The predicted octanol–water partition coefficient (Wildman–Crippen LogP) is 3.03. The second-order valence-electron chi connectivity index (χ2n) is 4.63. The van der Waals surface area contributed by atoms with Gasteiger partial charge in [-0.15, -0.1) is 0 Å². The van der Waals surface area contributed by atoms with E-state index in [1.165, 1.54) is 38.5 Å². The second kappa shape index (κ2) is 4.79. The number of ether oxygens (including phenoxy) is 1. The minimum atomic E-state index is 0.243. The lowest BCUT2D eigenvalue weighted by atomic mass is 9.84. The van der Waals surface area contributed by atoms with Gasteiger partial charge in [-0.05, 0) is 31.6 Å². The minimum Gasteiger partial charge on any atom is -0.374 e. The number of rotatable bonds is 2. The van der Waals surface area contributed by atoms with Crippen LogP contribution in [0.2, 0.25) is 0 Å². The fourth-order valence-electron chi connectivity index (χ4n) is 2.84. The zero-order valence-electron chi connectivity index (χ0n) is 8.74. The summed E-state index contributed by atoms with van der Waals surface area (Å²) in [4.78, 5) is 0. The fraction of sp³-hybridized carbons (Fsp3) is 0.917. The number of nitriles is 1. The highest BCUT2D eigenvalue weighted by molar-refractivity contribution is 4.85. The predicted molar refractivity (Wildman–Crippen MR) is 54.7 cm³/mol. The molecule has 2 atom stereocenters. The zero-order chi connectivity index (χ0) is 9.80. The quantitative estimate of drug-likeness (QED) is 0.675. The Morgan fingerprint density at radius 2 is 1.86 bits per heavy atom. The first-order valence-electron chi connectivity index (χ1n) is 5.92. The van der Waals surface area contributed by atoms with Gasteiger partial charge in [0.2, 0.25) is 0 Å². The summed E-state index contributed by atoms with van der Waals surface area (Å²) >= 11 is 0. The van der Waals surface area contributed by atoms with Crippen LogP contribution in [0, 0.1) is 17.2 Å². The summed E-state index contributed by atoms with van der Waals surface area (Å²) in [5.41, 5.74) is 0. The van der Waals surface area contributed by atoms with E-state index in [0.717, 1.165) is 12.3 Å². The number of hydrogen-bond donors (Lipinski definition) is 0. The highest BCUT2D eigenvalue weighted by Crippen LogP contribution is 2.35. The van der Waals surface area contributed by atoms with Gasteiger partial charge in [0.15, 0.2) is 0 Å². The Morgan fingerprint density at radius 1 is 1.07 bits per heavy atom. The van der Waals surface area contributed by atoms with Crippen molar-refractivity contribution in [3.05, 3.63) is 0 Å². The molecule has 2 rings (SSSR count). The van der Waals surface area contributed by atoms with Gasteiger partial charge in [0.1, 0.15) is 0 Å². The maximum atomic E-state index is 8.59. The summed E-state index contributed by atoms with van der Waals surface area (Å²) in [6, 6.07) is 2.21. The van der Waals surface area contributed by atoms with Crippen molar-refractivity contribution in [1.29, 1.82) is 5.26 Å². The third-order valence-electron chi connectivity index (χ3n) is 3.63. The van der Waals surface area contributed by atoms with Crippen molar-refractivity contribution in [3.63, 3.8) is 0 Å². The van der Waals surface area contributed by atoms with Crippen molar-refractivity contribution in [1.82, 2.24) is 0 Å². The molecule has 1 aliphatic carbocycles. The summed E-state index contributed by atoms with van der Waals surface area (Å²) in [5, 5.41) is 8.59. The molecule has 2 nitrogen and oxygen atoms in total. The average molecular weight is 193 g/mol. The molecule has 78 valence electrons. The Labute approximate surface area is 86.2 Å². The molecule has 0 N–H and O–H groups in total. The van der Waals surface area contributed by atoms with E-state index < -0.39 is 0 Å². The monoisotopic (exact) mass is 193 g/mol. The van der Waals surface area contributed by atoms with Gasteiger partial charge in [-0.3, -0.25) is 0 Å². The molecule has 14 heavy (non-hydrogen) atoms. The van der Waals surface area contributed by atoms with Crippen molar-refractivity contribution in [2.24, 2.45) is 5.92 Å². The maximum absolute atomic E-state index is 8.59. The van der Waals surface area contributed by atoms with Crippen molar-refractivity contribution in [2.75, 3.05) is 0 Å². The lowest BCUT2D eigenvalue weighted by molar-refractivity contribution is 0.00271. The first-order chi connectivity index (χ1) is 6.90. The Hall–Kier alpha value is -0.550. The normalized spacial score (nSPS) is 34.2. The molecular weight excluding hydrogens is 174 g/mol. The number of hydrogen-bond acceptors (Lipinski definition) is 2. The summed E-state index contributed by atoms with van der Waals surface area (Å²) in [6.45, 7) is 0. The average Bonchev–Trinajstić information content (AvgIpc) is 2.68. The highest BCUT2D eigenvalue weighted by atomic mass is 16.5. The van der Waals surface area contributed by atoms with E-state index in [1.54, 1.807) is 0 Å². The van der Waals surface area contributed by atoms with E-state index >= 15 is 0 Å². The van der Waals surface area contributed by atoms with Crippen LogP contribution in [-0.4, -0.2) is 12.2 Å². The van der Waals surface area contributed by atoms with Crippen LogP contribution in [-0.2, 0) is 4.74 Å². The summed E-state index contributed by atoms with van der Waals surface area (Å²) in [7, 11) is 0. The molecule has 1 aliphatic heterocycles. The molecule has 0 spiro atoms. The van der Waals surface area contributed by atoms with Crippen molar-refractivity contribution in [3.8, 4) is 6.07 Å². The molecule has 1 heterocycles. The van der Waals surface area contributed by atoms with Gasteiger partial charge in [-0.1, -0.05) is 19.3 Å². The summed E-state index contributed by atoms with van der Waals surface area (Å²) in [6.07, 6.45) is 10.5. The third-order valence-corrected chi connectivity index (χ3v) is 3.63. The zero-order valence-corrected chi connectivity index (χ0v) is 8.74. The molecule has 0 bridgehead atoms. The molecule has 2 heteroatoms. The van der Waals surface area contributed by atoms with Crippen LogP contribution < -0.4 is 0 Å². The molecule has 2 fully saturated rings. The molecular formula is C12H19NO. The molecule has 0 amide bonds. The van der Waals surface area contributed by atoms with E-state index in [2.05, 4.69) is 6.07 Å². The van der Waals surface area contributed by atoms with E-state index in [-0.39, 0.29) is 6.10 Å². The lowest BCUT2D eigenvalue weighted by Crippen LogP contribution is -2.23. The molecule has 0 radical (unpaired) electrons. The van der Waals surface area contributed by atoms with Crippen LogP contribution in [0.1, 0.15) is 51.4 Å². The molecule has 2 aliphatic rings. The lowest BCUT2D eigenvalue weighted by Gasteiger charge is -2.27. The molecule has 0 aromatic heterocycles. The van der Waals surface area contributed by atoms with Crippen LogP contribution in [0.4, 0.5) is 0 Å². The van der Waals surface area contributed by atoms with E-state index in [1.807, 2.05) is 0 Å². The molecule has 0 aromatic carbocycles.